The Labute approximate surface area is 121 Å². The van der Waals surface area contributed by atoms with E-state index in [1.807, 2.05) is 0 Å². The first-order chi connectivity index (χ1) is 10.1. The number of nitrogens with zero attached hydrogens (tertiary/aromatic N) is 3. The Morgan fingerprint density at radius 2 is 2.14 bits per heavy atom. The lowest BCUT2D eigenvalue weighted by atomic mass is 10.2. The molecule has 106 valence electrons. The third-order valence-corrected chi connectivity index (χ3v) is 3.76. The number of aromatic carboxylic acids is 1. The molecule has 2 aromatic heterocycles. The normalized spacial score (nSPS) is 10.9. The first-order valence-corrected chi connectivity index (χ1v) is 6.52. The number of nitrogens with one attached hydrogen (secondary N) is 1. The molecule has 0 amide bonds. The SMILES string of the molecule is Nc1cc(F)c(Sc2ncnc3nc[nH]c23)cc1C(=O)O. The van der Waals surface area contributed by atoms with E-state index in [1.54, 1.807) is 0 Å². The van der Waals surface area contributed by atoms with Gasteiger partial charge in [-0.3, -0.25) is 0 Å². The number of nitrogen functional groups attached to an aromatic ring is 1. The Bertz CT molecular complexity index is 851. The van der Waals surface area contributed by atoms with Gasteiger partial charge < -0.3 is 15.8 Å². The molecule has 0 radical (unpaired) electrons. The second-order valence-electron chi connectivity index (χ2n) is 4.06. The van der Waals surface area contributed by atoms with Crippen LogP contribution in [0.2, 0.25) is 0 Å². The van der Waals surface area contributed by atoms with Crippen molar-refractivity contribution in [3.05, 3.63) is 36.2 Å². The van der Waals surface area contributed by atoms with E-state index in [1.165, 1.54) is 18.7 Å². The van der Waals surface area contributed by atoms with Gasteiger partial charge in [-0.25, -0.2) is 24.1 Å². The highest BCUT2D eigenvalue weighted by molar-refractivity contribution is 7.99. The molecule has 7 nitrogen and oxygen atoms in total. The van der Waals surface area contributed by atoms with Crippen molar-refractivity contribution >= 4 is 34.6 Å². The third-order valence-electron chi connectivity index (χ3n) is 2.73. The molecule has 0 atom stereocenters. The average molecular weight is 305 g/mol. The summed E-state index contributed by atoms with van der Waals surface area (Å²) in [5.74, 6) is -1.84. The van der Waals surface area contributed by atoms with Gasteiger partial charge in [-0.15, -0.1) is 0 Å². The monoisotopic (exact) mass is 305 g/mol. The van der Waals surface area contributed by atoms with Crippen LogP contribution in [0, 0.1) is 5.82 Å². The molecule has 0 fully saturated rings. The summed E-state index contributed by atoms with van der Waals surface area (Å²) >= 11 is 0.972. The minimum Gasteiger partial charge on any atom is -0.478 e. The number of aromatic nitrogens is 4. The molecule has 0 saturated heterocycles. The molecule has 0 aliphatic rings. The van der Waals surface area contributed by atoms with Crippen molar-refractivity contribution in [2.75, 3.05) is 5.73 Å². The average Bonchev–Trinajstić information content (AvgIpc) is 2.90. The van der Waals surface area contributed by atoms with Gasteiger partial charge in [-0.05, 0) is 12.1 Å². The molecular formula is C12H8FN5O2S. The highest BCUT2D eigenvalue weighted by Crippen LogP contribution is 2.33. The Morgan fingerprint density at radius 1 is 1.33 bits per heavy atom. The molecule has 0 bridgehead atoms. The van der Waals surface area contributed by atoms with Crippen LogP contribution in [0.3, 0.4) is 0 Å². The van der Waals surface area contributed by atoms with Crippen LogP contribution in [-0.2, 0) is 0 Å². The Balaban J connectivity index is 2.07. The fraction of sp³-hybridized carbons (Fsp3) is 0. The maximum absolute atomic E-state index is 13.9. The number of fused-ring (bicyclic) bond motifs is 1. The van der Waals surface area contributed by atoms with Crippen molar-refractivity contribution in [1.29, 1.82) is 0 Å². The van der Waals surface area contributed by atoms with E-state index in [2.05, 4.69) is 19.9 Å². The minimum absolute atomic E-state index is 0.108. The second kappa shape index (κ2) is 5.02. The Morgan fingerprint density at radius 3 is 2.90 bits per heavy atom. The summed E-state index contributed by atoms with van der Waals surface area (Å²) in [5.41, 5.74) is 6.20. The van der Waals surface area contributed by atoms with E-state index < -0.39 is 11.8 Å². The van der Waals surface area contributed by atoms with Gasteiger partial charge in [0.2, 0.25) is 0 Å². The number of benzene rings is 1. The van der Waals surface area contributed by atoms with Crippen molar-refractivity contribution in [3.63, 3.8) is 0 Å². The number of H-pyrrole nitrogens is 1. The van der Waals surface area contributed by atoms with Gasteiger partial charge >= 0.3 is 5.97 Å². The Hall–Kier alpha value is -2.68. The first-order valence-electron chi connectivity index (χ1n) is 5.70. The van der Waals surface area contributed by atoms with Crippen molar-refractivity contribution in [2.45, 2.75) is 9.92 Å². The van der Waals surface area contributed by atoms with E-state index in [0.29, 0.717) is 16.2 Å². The number of carboxylic acids is 1. The largest absolute Gasteiger partial charge is 0.478 e. The zero-order chi connectivity index (χ0) is 15.0. The van der Waals surface area contributed by atoms with Gasteiger partial charge in [0.15, 0.2) is 5.65 Å². The van der Waals surface area contributed by atoms with Gasteiger partial charge in [0.25, 0.3) is 0 Å². The predicted molar refractivity (Wildman–Crippen MR) is 73.6 cm³/mol. The molecular weight excluding hydrogens is 297 g/mol. The molecule has 3 aromatic rings. The third kappa shape index (κ3) is 2.38. The van der Waals surface area contributed by atoms with Gasteiger partial charge in [0.1, 0.15) is 22.7 Å². The van der Waals surface area contributed by atoms with Gasteiger partial charge in [-0.1, -0.05) is 11.8 Å². The summed E-state index contributed by atoms with van der Waals surface area (Å²) in [6.07, 6.45) is 2.75. The summed E-state index contributed by atoms with van der Waals surface area (Å²) in [7, 11) is 0. The van der Waals surface area contributed by atoms with Gasteiger partial charge in [-0.2, -0.15) is 0 Å². The number of hydrogen-bond acceptors (Lipinski definition) is 6. The zero-order valence-corrected chi connectivity index (χ0v) is 11.2. The summed E-state index contributed by atoms with van der Waals surface area (Å²) in [6.45, 7) is 0. The van der Waals surface area contributed by atoms with E-state index >= 15 is 0 Å². The lowest BCUT2D eigenvalue weighted by molar-refractivity contribution is 0.0697. The molecule has 9 heteroatoms. The van der Waals surface area contributed by atoms with E-state index in [0.717, 1.165) is 17.8 Å². The van der Waals surface area contributed by atoms with Crippen molar-refractivity contribution < 1.29 is 14.3 Å². The van der Waals surface area contributed by atoms with Crippen LogP contribution >= 0.6 is 11.8 Å². The van der Waals surface area contributed by atoms with Crippen LogP contribution in [0.4, 0.5) is 10.1 Å². The molecule has 1 aromatic carbocycles. The van der Waals surface area contributed by atoms with Gasteiger partial charge in [0.05, 0.1) is 16.8 Å². The number of nitrogens with two attached hydrogens (primary N) is 1. The van der Waals surface area contributed by atoms with Gasteiger partial charge in [0, 0.05) is 5.69 Å². The van der Waals surface area contributed by atoms with Crippen LogP contribution in [0.15, 0.2) is 34.7 Å². The van der Waals surface area contributed by atoms with Crippen LogP contribution in [0.1, 0.15) is 10.4 Å². The summed E-state index contributed by atoms with van der Waals surface area (Å²) in [4.78, 5) is 26.0. The second-order valence-corrected chi connectivity index (χ2v) is 5.09. The van der Waals surface area contributed by atoms with E-state index in [4.69, 9.17) is 10.8 Å². The quantitative estimate of drug-likeness (QED) is 0.499. The molecule has 0 saturated carbocycles. The topological polar surface area (TPSA) is 118 Å². The molecule has 2 heterocycles. The number of aromatic amines is 1. The number of anilines is 1. The van der Waals surface area contributed by atoms with E-state index in [-0.39, 0.29) is 16.1 Å². The first kappa shape index (κ1) is 13.3. The van der Waals surface area contributed by atoms with Crippen molar-refractivity contribution in [1.82, 2.24) is 19.9 Å². The van der Waals surface area contributed by atoms with Crippen LogP contribution in [0.25, 0.3) is 11.2 Å². The number of carbonyl (C=O) groups is 1. The number of imidazole rings is 1. The highest BCUT2D eigenvalue weighted by atomic mass is 32.2. The summed E-state index contributed by atoms with van der Waals surface area (Å²) < 4.78 is 13.9. The fourth-order valence-corrected chi connectivity index (χ4v) is 2.65. The Kier molecular flexibility index (Phi) is 3.18. The summed E-state index contributed by atoms with van der Waals surface area (Å²) in [6, 6.07) is 2.17. The van der Waals surface area contributed by atoms with Crippen LogP contribution in [-0.4, -0.2) is 31.0 Å². The molecule has 3 rings (SSSR count). The molecule has 0 aliphatic heterocycles. The minimum atomic E-state index is -1.22. The fourth-order valence-electron chi connectivity index (χ4n) is 1.76. The number of halogens is 1. The molecule has 4 N–H and O–H groups in total. The number of carboxylic acid groups (broad SMARTS) is 1. The lowest BCUT2D eigenvalue weighted by Gasteiger charge is -2.07. The van der Waals surface area contributed by atoms with Crippen molar-refractivity contribution in [3.8, 4) is 0 Å². The maximum atomic E-state index is 13.9. The molecule has 0 unspecified atom stereocenters. The smallest absolute Gasteiger partial charge is 0.337 e. The highest BCUT2D eigenvalue weighted by Gasteiger charge is 2.16. The lowest BCUT2D eigenvalue weighted by Crippen LogP contribution is -2.03. The zero-order valence-electron chi connectivity index (χ0n) is 10.4. The van der Waals surface area contributed by atoms with Crippen LogP contribution < -0.4 is 5.73 Å². The van der Waals surface area contributed by atoms with Crippen LogP contribution in [0.5, 0.6) is 0 Å². The number of hydrogen-bond donors (Lipinski definition) is 3. The summed E-state index contributed by atoms with van der Waals surface area (Å²) in [5, 5.41) is 9.47. The molecule has 21 heavy (non-hydrogen) atoms. The maximum Gasteiger partial charge on any atom is 0.337 e. The molecule has 0 spiro atoms. The van der Waals surface area contributed by atoms with Crippen molar-refractivity contribution in [2.24, 2.45) is 0 Å². The standard InChI is InChI=1S/C12H8FN5O2S/c13-6-2-7(14)5(12(19)20)1-8(6)21-11-9-10(16-3-15-9)17-4-18-11/h1-4H,14H2,(H,19,20)(H,15,16,17,18). The predicted octanol–water partition coefficient (Wildman–Crippen LogP) is 1.92. The van der Waals surface area contributed by atoms with E-state index in [9.17, 15) is 9.18 Å². The number of rotatable bonds is 3. The molecule has 0 aliphatic carbocycles.